The molecule has 2 heterocycles. The number of carbonyl (C=O) groups is 1. The lowest BCUT2D eigenvalue weighted by molar-refractivity contribution is 0.0770. The number of hydrogen-bond acceptors (Lipinski definition) is 4. The fraction of sp³-hybridized carbons (Fsp3) is 0.786. The Kier molecular flexibility index (Phi) is 2.80. The summed E-state index contributed by atoms with van der Waals surface area (Å²) >= 11 is 0. The van der Waals surface area contributed by atoms with E-state index in [-0.39, 0.29) is 5.91 Å². The maximum atomic E-state index is 12.5. The molecule has 3 fully saturated rings. The van der Waals surface area contributed by atoms with Crippen LogP contribution in [0, 0.1) is 23.7 Å². The summed E-state index contributed by atoms with van der Waals surface area (Å²) in [5.41, 5.74) is 5.95. The molecule has 4 atom stereocenters. The van der Waals surface area contributed by atoms with Gasteiger partial charge >= 0.3 is 0 Å². The first-order valence-corrected chi connectivity index (χ1v) is 7.65. The predicted molar refractivity (Wildman–Crippen MR) is 72.8 cm³/mol. The lowest BCUT2D eigenvalue weighted by Gasteiger charge is -2.22. The topological polar surface area (TPSA) is 77.0 Å². The van der Waals surface area contributed by atoms with Crippen molar-refractivity contribution < 1.29 is 4.79 Å². The molecular formula is C14H21N5O. The summed E-state index contributed by atoms with van der Waals surface area (Å²) in [7, 11) is 0. The van der Waals surface area contributed by atoms with Crippen molar-refractivity contribution in [3.8, 4) is 0 Å². The van der Waals surface area contributed by atoms with Gasteiger partial charge in [-0.1, -0.05) is 5.21 Å². The average molecular weight is 275 g/mol. The van der Waals surface area contributed by atoms with Gasteiger partial charge in [0.1, 0.15) is 0 Å². The van der Waals surface area contributed by atoms with Gasteiger partial charge in [-0.25, -0.2) is 0 Å². The summed E-state index contributed by atoms with van der Waals surface area (Å²) in [4.78, 5) is 14.5. The zero-order valence-electron chi connectivity index (χ0n) is 11.6. The highest BCUT2D eigenvalue weighted by atomic mass is 16.2. The summed E-state index contributed by atoms with van der Waals surface area (Å²) < 4.78 is 1.65. The minimum Gasteiger partial charge on any atom is -0.337 e. The minimum absolute atomic E-state index is 0.0436. The van der Waals surface area contributed by atoms with Crippen molar-refractivity contribution in [2.45, 2.75) is 25.8 Å². The molecule has 0 spiro atoms. The van der Waals surface area contributed by atoms with Crippen molar-refractivity contribution in [1.82, 2.24) is 19.9 Å². The van der Waals surface area contributed by atoms with Crippen LogP contribution in [0.5, 0.6) is 0 Å². The Morgan fingerprint density at radius 2 is 2.00 bits per heavy atom. The van der Waals surface area contributed by atoms with E-state index >= 15 is 0 Å². The minimum atomic E-state index is 0.0436. The number of aromatic nitrogens is 3. The quantitative estimate of drug-likeness (QED) is 0.864. The normalized spacial score (nSPS) is 34.8. The average Bonchev–Trinajstić information content (AvgIpc) is 3.19. The van der Waals surface area contributed by atoms with Crippen LogP contribution in [-0.2, 0) is 6.54 Å². The van der Waals surface area contributed by atoms with Gasteiger partial charge < -0.3 is 10.6 Å². The molecule has 6 nitrogen and oxygen atoms in total. The van der Waals surface area contributed by atoms with Crippen LogP contribution in [0.1, 0.15) is 29.8 Å². The van der Waals surface area contributed by atoms with Crippen LogP contribution in [0.2, 0.25) is 0 Å². The van der Waals surface area contributed by atoms with E-state index in [1.165, 1.54) is 19.3 Å². The van der Waals surface area contributed by atoms with Crippen molar-refractivity contribution in [2.75, 3.05) is 19.6 Å². The fourth-order valence-corrected chi connectivity index (χ4v) is 4.65. The van der Waals surface area contributed by atoms with E-state index in [2.05, 4.69) is 10.3 Å². The molecule has 1 aliphatic heterocycles. The van der Waals surface area contributed by atoms with Crippen LogP contribution in [0.25, 0.3) is 0 Å². The number of nitrogens with two attached hydrogens (primary N) is 1. The van der Waals surface area contributed by atoms with Crippen molar-refractivity contribution in [3.63, 3.8) is 0 Å². The number of rotatable bonds is 3. The Balaban J connectivity index is 1.47. The zero-order chi connectivity index (χ0) is 13.7. The molecule has 2 bridgehead atoms. The SMILES string of the molecule is NCCn1cc(C(=O)N2C[C@@H]3[C@@H]4CC[C@@H](C4)[C@@H]3C2)nn1. The number of hydrogen-bond donors (Lipinski definition) is 1. The summed E-state index contributed by atoms with van der Waals surface area (Å²) in [6.07, 6.45) is 5.88. The second-order valence-electron chi connectivity index (χ2n) is 6.53. The van der Waals surface area contributed by atoms with Gasteiger partial charge in [0.2, 0.25) is 0 Å². The van der Waals surface area contributed by atoms with E-state index in [0.717, 1.165) is 36.8 Å². The Bertz CT molecular complexity index is 509. The second-order valence-corrected chi connectivity index (χ2v) is 6.53. The largest absolute Gasteiger partial charge is 0.337 e. The van der Waals surface area contributed by atoms with Gasteiger partial charge in [0.05, 0.1) is 12.7 Å². The van der Waals surface area contributed by atoms with E-state index in [4.69, 9.17) is 5.73 Å². The predicted octanol–water partition coefficient (Wildman–Crippen LogP) is 0.355. The lowest BCUT2D eigenvalue weighted by atomic mass is 9.82. The molecule has 108 valence electrons. The molecule has 1 aromatic rings. The van der Waals surface area contributed by atoms with E-state index < -0.39 is 0 Å². The molecule has 4 rings (SSSR count). The van der Waals surface area contributed by atoms with Crippen molar-refractivity contribution in [2.24, 2.45) is 29.4 Å². The van der Waals surface area contributed by atoms with Crippen LogP contribution >= 0.6 is 0 Å². The number of fused-ring (bicyclic) bond motifs is 5. The summed E-state index contributed by atoms with van der Waals surface area (Å²) in [6.45, 7) is 2.97. The van der Waals surface area contributed by atoms with Crippen molar-refractivity contribution >= 4 is 5.91 Å². The summed E-state index contributed by atoms with van der Waals surface area (Å²) in [6, 6.07) is 0. The molecule has 0 radical (unpaired) electrons. The summed E-state index contributed by atoms with van der Waals surface area (Å²) in [5.74, 6) is 3.28. The second kappa shape index (κ2) is 4.55. The zero-order valence-corrected chi connectivity index (χ0v) is 11.6. The lowest BCUT2D eigenvalue weighted by Crippen LogP contribution is -2.30. The van der Waals surface area contributed by atoms with Gasteiger partial charge in [-0.05, 0) is 42.9 Å². The molecular weight excluding hydrogens is 254 g/mol. The Morgan fingerprint density at radius 3 is 2.65 bits per heavy atom. The molecule has 6 heteroatoms. The van der Waals surface area contributed by atoms with Gasteiger partial charge in [0.25, 0.3) is 5.91 Å². The Hall–Kier alpha value is -1.43. The Labute approximate surface area is 118 Å². The van der Waals surface area contributed by atoms with Crippen LogP contribution < -0.4 is 5.73 Å². The standard InChI is InChI=1S/C14H21N5O/c15-3-4-19-8-13(16-17-19)14(20)18-6-11-9-1-2-10(5-9)12(11)7-18/h8-12H,1-7,15H2/t9-,10+,11-,12+. The van der Waals surface area contributed by atoms with Crippen molar-refractivity contribution in [1.29, 1.82) is 0 Å². The molecule has 1 saturated heterocycles. The van der Waals surface area contributed by atoms with E-state index in [1.54, 1.807) is 10.9 Å². The van der Waals surface area contributed by atoms with Gasteiger partial charge in [0, 0.05) is 19.6 Å². The number of carbonyl (C=O) groups excluding carboxylic acids is 1. The fourth-order valence-electron chi connectivity index (χ4n) is 4.65. The van der Waals surface area contributed by atoms with E-state index in [9.17, 15) is 4.79 Å². The van der Waals surface area contributed by atoms with Gasteiger partial charge in [-0.15, -0.1) is 5.10 Å². The van der Waals surface area contributed by atoms with Crippen LogP contribution in [0.15, 0.2) is 6.20 Å². The highest BCUT2D eigenvalue weighted by Crippen LogP contribution is 2.55. The molecule has 2 saturated carbocycles. The van der Waals surface area contributed by atoms with E-state index in [1.807, 2.05) is 4.90 Å². The van der Waals surface area contributed by atoms with E-state index in [0.29, 0.717) is 18.8 Å². The highest BCUT2D eigenvalue weighted by Gasteiger charge is 2.52. The smallest absolute Gasteiger partial charge is 0.276 e. The monoisotopic (exact) mass is 275 g/mol. The number of likely N-dealkylation sites (tertiary alicyclic amines) is 1. The van der Waals surface area contributed by atoms with Gasteiger partial charge in [-0.3, -0.25) is 9.48 Å². The summed E-state index contributed by atoms with van der Waals surface area (Å²) in [5, 5.41) is 7.95. The molecule has 2 aliphatic carbocycles. The number of nitrogens with zero attached hydrogens (tertiary/aromatic N) is 4. The van der Waals surface area contributed by atoms with Gasteiger partial charge in [-0.2, -0.15) is 0 Å². The first-order valence-electron chi connectivity index (χ1n) is 7.65. The third-order valence-electron chi connectivity index (χ3n) is 5.54. The highest BCUT2D eigenvalue weighted by molar-refractivity contribution is 5.92. The molecule has 1 aromatic heterocycles. The first kappa shape index (κ1) is 12.3. The third kappa shape index (κ3) is 1.78. The maximum absolute atomic E-state index is 12.5. The first-order chi connectivity index (χ1) is 9.76. The molecule has 2 N–H and O–H groups in total. The molecule has 3 aliphatic rings. The molecule has 0 aromatic carbocycles. The van der Waals surface area contributed by atoms with Crippen molar-refractivity contribution in [3.05, 3.63) is 11.9 Å². The van der Waals surface area contributed by atoms with Gasteiger partial charge in [0.15, 0.2) is 5.69 Å². The maximum Gasteiger partial charge on any atom is 0.276 e. The van der Waals surface area contributed by atoms with Crippen LogP contribution in [-0.4, -0.2) is 45.4 Å². The third-order valence-corrected chi connectivity index (χ3v) is 5.54. The molecule has 20 heavy (non-hydrogen) atoms. The van der Waals surface area contributed by atoms with Crippen LogP contribution in [0.3, 0.4) is 0 Å². The Morgan fingerprint density at radius 1 is 1.30 bits per heavy atom. The molecule has 0 unspecified atom stereocenters. The molecule has 1 amide bonds. The number of amides is 1. The van der Waals surface area contributed by atoms with Crippen LogP contribution in [0.4, 0.5) is 0 Å².